The monoisotopic (exact) mass is 430 g/mol. The van der Waals surface area contributed by atoms with Crippen LogP contribution in [0.4, 0.5) is 4.79 Å². The Kier molecular flexibility index (Phi) is 5.02. The Morgan fingerprint density at radius 3 is 2.55 bits per heavy atom. The third-order valence-corrected chi connectivity index (χ3v) is 5.37. The molecule has 1 aromatic heterocycles. The number of nitrogens with one attached hydrogen (secondary N) is 1. The second kappa shape index (κ2) is 7.50. The lowest BCUT2D eigenvalue weighted by molar-refractivity contribution is -0.132. The number of halogens is 2. The second-order valence-electron chi connectivity index (χ2n) is 6.61. The number of nitrogens with zero attached hydrogens (tertiary/aromatic N) is 3. The summed E-state index contributed by atoms with van der Waals surface area (Å²) in [4.78, 5) is 31.1. The lowest BCUT2D eigenvalue weighted by atomic mass is 9.87. The Hall–Kier alpha value is -2.90. The summed E-state index contributed by atoms with van der Waals surface area (Å²) in [6.07, 6.45) is 0.382. The van der Waals surface area contributed by atoms with Crippen molar-refractivity contribution in [2.45, 2.75) is 25.4 Å². The highest BCUT2D eigenvalue weighted by Gasteiger charge is 2.51. The Balaban J connectivity index is 1.59. The van der Waals surface area contributed by atoms with Gasteiger partial charge in [0.25, 0.3) is 5.91 Å². The van der Waals surface area contributed by atoms with Crippen LogP contribution >= 0.6 is 23.2 Å². The molecule has 2 heterocycles. The molecular weight excluding hydrogens is 415 g/mol. The minimum Gasteiger partial charge on any atom is -0.337 e. The predicted molar refractivity (Wildman–Crippen MR) is 107 cm³/mol. The van der Waals surface area contributed by atoms with E-state index in [1.165, 1.54) is 0 Å². The highest BCUT2D eigenvalue weighted by Crippen LogP contribution is 2.34. The van der Waals surface area contributed by atoms with E-state index in [1.807, 2.05) is 6.92 Å². The zero-order chi connectivity index (χ0) is 20.6. The molecule has 4 rings (SSSR count). The van der Waals surface area contributed by atoms with Gasteiger partial charge in [-0.25, -0.2) is 4.79 Å². The number of carbonyl (C=O) groups excluding carboxylic acids is 2. The van der Waals surface area contributed by atoms with Crippen LogP contribution in [-0.4, -0.2) is 27.0 Å². The minimum atomic E-state index is -1.16. The van der Waals surface area contributed by atoms with Crippen molar-refractivity contribution >= 4 is 35.1 Å². The van der Waals surface area contributed by atoms with Crippen molar-refractivity contribution in [2.75, 3.05) is 0 Å². The van der Waals surface area contributed by atoms with Crippen LogP contribution in [0.3, 0.4) is 0 Å². The summed E-state index contributed by atoms with van der Waals surface area (Å²) in [5, 5.41) is 7.81. The van der Waals surface area contributed by atoms with Gasteiger partial charge in [-0.1, -0.05) is 59.5 Å². The SMILES string of the molecule is CCC1(c2ccc(Cl)cc2)NC(=O)N(Cc2nc(-c3cccc(Cl)c3)no2)C1=O. The molecule has 1 fully saturated rings. The molecule has 9 heteroatoms. The molecule has 0 radical (unpaired) electrons. The molecule has 1 aliphatic heterocycles. The first kappa shape index (κ1) is 19.4. The van der Waals surface area contributed by atoms with Crippen molar-refractivity contribution in [1.29, 1.82) is 0 Å². The first-order valence-corrected chi connectivity index (χ1v) is 9.67. The fraction of sp³-hybridized carbons (Fsp3) is 0.200. The Morgan fingerprint density at radius 2 is 1.86 bits per heavy atom. The number of imide groups is 1. The first-order chi connectivity index (χ1) is 13.9. The topological polar surface area (TPSA) is 88.3 Å². The van der Waals surface area contributed by atoms with Gasteiger partial charge in [0.05, 0.1) is 0 Å². The molecule has 2 aromatic carbocycles. The lowest BCUT2D eigenvalue weighted by Gasteiger charge is -2.25. The third-order valence-electron chi connectivity index (χ3n) is 4.89. The molecule has 148 valence electrons. The van der Waals surface area contributed by atoms with Gasteiger partial charge in [0.1, 0.15) is 12.1 Å². The molecule has 0 bridgehead atoms. The maximum absolute atomic E-state index is 13.2. The minimum absolute atomic E-state index is 0.131. The van der Waals surface area contributed by atoms with Crippen molar-refractivity contribution < 1.29 is 14.1 Å². The van der Waals surface area contributed by atoms with Crippen LogP contribution in [0, 0.1) is 0 Å². The summed E-state index contributed by atoms with van der Waals surface area (Å²) < 4.78 is 5.25. The van der Waals surface area contributed by atoms with Crippen LogP contribution in [0.15, 0.2) is 53.1 Å². The average Bonchev–Trinajstić information content (AvgIpc) is 3.28. The smallest absolute Gasteiger partial charge is 0.325 e. The standard InChI is InChI=1S/C20H16Cl2N4O3/c1-2-20(13-6-8-14(21)9-7-13)18(27)26(19(28)24-20)11-16-23-17(25-29-16)12-4-3-5-15(22)10-12/h3-10H,2,11H2,1H3,(H,24,28). The third kappa shape index (κ3) is 3.47. The largest absolute Gasteiger partial charge is 0.337 e. The van der Waals surface area contributed by atoms with E-state index in [-0.39, 0.29) is 18.3 Å². The highest BCUT2D eigenvalue weighted by molar-refractivity contribution is 6.31. The van der Waals surface area contributed by atoms with Gasteiger partial charge in [0.15, 0.2) is 0 Å². The van der Waals surface area contributed by atoms with Crippen molar-refractivity contribution in [3.05, 3.63) is 70.0 Å². The van der Waals surface area contributed by atoms with Gasteiger partial charge in [0, 0.05) is 15.6 Å². The summed E-state index contributed by atoms with van der Waals surface area (Å²) in [5.74, 6) is 0.0929. The van der Waals surface area contributed by atoms with Gasteiger partial charge in [0.2, 0.25) is 11.7 Å². The molecule has 0 saturated carbocycles. The van der Waals surface area contributed by atoms with Crippen LogP contribution < -0.4 is 5.32 Å². The number of urea groups is 1. The molecular formula is C20H16Cl2N4O3. The number of carbonyl (C=O) groups is 2. The molecule has 7 nitrogen and oxygen atoms in total. The number of amides is 3. The molecule has 0 spiro atoms. The fourth-order valence-corrected chi connectivity index (χ4v) is 3.66. The maximum Gasteiger partial charge on any atom is 0.325 e. The van der Waals surface area contributed by atoms with Crippen molar-refractivity contribution in [1.82, 2.24) is 20.4 Å². The second-order valence-corrected chi connectivity index (χ2v) is 7.48. The van der Waals surface area contributed by atoms with Crippen molar-refractivity contribution in [3.63, 3.8) is 0 Å². The summed E-state index contributed by atoms with van der Waals surface area (Å²) in [6.45, 7) is 1.70. The van der Waals surface area contributed by atoms with E-state index in [1.54, 1.807) is 48.5 Å². The Morgan fingerprint density at radius 1 is 1.10 bits per heavy atom. The summed E-state index contributed by atoms with van der Waals surface area (Å²) >= 11 is 11.9. The molecule has 1 N–H and O–H groups in total. The van der Waals surface area contributed by atoms with Crippen LogP contribution in [0.2, 0.25) is 10.0 Å². The number of benzene rings is 2. The summed E-state index contributed by atoms with van der Waals surface area (Å²) in [6, 6.07) is 13.3. The molecule has 1 atom stereocenters. The quantitative estimate of drug-likeness (QED) is 0.605. The van der Waals surface area contributed by atoms with E-state index in [9.17, 15) is 9.59 Å². The lowest BCUT2D eigenvalue weighted by Crippen LogP contribution is -2.43. The summed E-state index contributed by atoms with van der Waals surface area (Å²) in [5.41, 5.74) is 0.182. The predicted octanol–water partition coefficient (Wildman–Crippen LogP) is 4.40. The van der Waals surface area contributed by atoms with Crippen molar-refractivity contribution in [3.8, 4) is 11.4 Å². The van der Waals surface area contributed by atoms with E-state index in [2.05, 4.69) is 15.5 Å². The zero-order valence-corrected chi connectivity index (χ0v) is 16.9. The van der Waals surface area contributed by atoms with Crippen LogP contribution in [0.1, 0.15) is 24.8 Å². The van der Waals surface area contributed by atoms with Gasteiger partial charge in [-0.3, -0.25) is 9.69 Å². The number of aromatic nitrogens is 2. The fourth-order valence-electron chi connectivity index (χ4n) is 3.34. The van der Waals surface area contributed by atoms with E-state index in [4.69, 9.17) is 27.7 Å². The average molecular weight is 431 g/mol. The van der Waals surface area contributed by atoms with Crippen LogP contribution in [-0.2, 0) is 16.9 Å². The molecule has 0 aliphatic carbocycles. The highest BCUT2D eigenvalue weighted by atomic mass is 35.5. The van der Waals surface area contributed by atoms with Gasteiger partial charge in [-0.05, 0) is 36.2 Å². The van der Waals surface area contributed by atoms with E-state index < -0.39 is 11.6 Å². The number of hydrogen-bond acceptors (Lipinski definition) is 5. The maximum atomic E-state index is 13.2. The van der Waals surface area contributed by atoms with E-state index in [0.717, 1.165) is 4.90 Å². The van der Waals surface area contributed by atoms with Gasteiger partial charge < -0.3 is 9.84 Å². The molecule has 3 aromatic rings. The van der Waals surface area contributed by atoms with Gasteiger partial charge in [-0.15, -0.1) is 0 Å². The zero-order valence-electron chi connectivity index (χ0n) is 15.4. The normalized spacial score (nSPS) is 18.9. The number of rotatable bonds is 5. The molecule has 1 unspecified atom stereocenters. The van der Waals surface area contributed by atoms with Crippen LogP contribution in [0.5, 0.6) is 0 Å². The molecule has 1 aliphatic rings. The molecule has 29 heavy (non-hydrogen) atoms. The Bertz CT molecular complexity index is 1080. The molecule has 3 amide bonds. The first-order valence-electron chi connectivity index (χ1n) is 8.91. The van der Waals surface area contributed by atoms with Crippen molar-refractivity contribution in [2.24, 2.45) is 0 Å². The van der Waals surface area contributed by atoms with E-state index in [0.29, 0.717) is 33.4 Å². The van der Waals surface area contributed by atoms with Gasteiger partial charge >= 0.3 is 6.03 Å². The number of hydrogen-bond donors (Lipinski definition) is 1. The van der Waals surface area contributed by atoms with Gasteiger partial charge in [-0.2, -0.15) is 4.98 Å². The summed E-state index contributed by atoms with van der Waals surface area (Å²) in [7, 11) is 0. The van der Waals surface area contributed by atoms with E-state index >= 15 is 0 Å². The van der Waals surface area contributed by atoms with Crippen LogP contribution in [0.25, 0.3) is 11.4 Å². The molecule has 1 saturated heterocycles. The Labute approximate surface area is 176 Å².